The fourth-order valence-corrected chi connectivity index (χ4v) is 8.36. The van der Waals surface area contributed by atoms with E-state index in [0.29, 0.717) is 50.1 Å². The van der Waals surface area contributed by atoms with Gasteiger partial charge in [-0.2, -0.15) is 10.5 Å². The number of nitriles is 2. The average molecular weight is 660 g/mol. The van der Waals surface area contributed by atoms with Gasteiger partial charge in [-0.3, -0.25) is 9.69 Å². The van der Waals surface area contributed by atoms with Crippen LogP contribution in [0.15, 0.2) is 49.1 Å². The molecule has 3 saturated heterocycles. The summed E-state index contributed by atoms with van der Waals surface area (Å²) in [6.07, 6.45) is 6.11. The third-order valence-electron chi connectivity index (χ3n) is 10.9. The number of hydrogen-bond acceptors (Lipinski definition) is 9. The second kappa shape index (κ2) is 14.5. The van der Waals surface area contributed by atoms with Crippen molar-refractivity contribution in [3.63, 3.8) is 0 Å². The van der Waals surface area contributed by atoms with Gasteiger partial charge in [0.25, 0.3) is 0 Å². The number of ether oxygens (including phenoxy) is 2. The van der Waals surface area contributed by atoms with Gasteiger partial charge in [0.1, 0.15) is 17.7 Å². The highest BCUT2D eigenvalue weighted by Crippen LogP contribution is 2.40. The van der Waals surface area contributed by atoms with Crippen LogP contribution in [0.1, 0.15) is 54.5 Å². The van der Waals surface area contributed by atoms with Crippen LogP contribution in [0.5, 0.6) is 5.88 Å². The molecule has 0 saturated carbocycles. The smallest absolute Gasteiger partial charge is 0.246 e. The van der Waals surface area contributed by atoms with Gasteiger partial charge >= 0.3 is 0 Å². The Hall–Kier alpha value is -4.64. The number of aryl methyl sites for hydroxylation is 1. The second-order valence-corrected chi connectivity index (χ2v) is 13.7. The average Bonchev–Trinajstić information content (AvgIpc) is 3.14. The number of pyridine rings is 1. The highest BCUT2D eigenvalue weighted by molar-refractivity contribution is 5.97. The topological polar surface area (TPSA) is 109 Å². The number of likely N-dealkylation sites (tertiary alicyclic amines) is 1. The number of carbonyl (C=O) groups is 1. The Balaban J connectivity index is 1.23. The molecule has 5 heterocycles. The largest absolute Gasteiger partial charge is 0.473 e. The first-order valence-corrected chi connectivity index (χ1v) is 17.7. The maximum atomic E-state index is 12.7. The molecule has 1 atom stereocenters. The summed E-state index contributed by atoms with van der Waals surface area (Å²) in [7, 11) is 0. The van der Waals surface area contributed by atoms with E-state index < -0.39 is 0 Å². The molecule has 2 aromatic carbocycles. The lowest BCUT2D eigenvalue weighted by Gasteiger charge is -2.43. The van der Waals surface area contributed by atoms with Crippen LogP contribution >= 0.6 is 0 Å². The Morgan fingerprint density at radius 2 is 1.82 bits per heavy atom. The Kier molecular flexibility index (Phi) is 9.70. The minimum absolute atomic E-state index is 0.0320. The van der Waals surface area contributed by atoms with Gasteiger partial charge in [-0.05, 0) is 62.1 Å². The molecule has 7 rings (SSSR count). The molecule has 10 nitrogen and oxygen atoms in total. The van der Waals surface area contributed by atoms with E-state index in [0.717, 1.165) is 75.5 Å². The lowest BCUT2D eigenvalue weighted by Crippen LogP contribution is -2.55. The number of amides is 1. The normalized spacial score (nSPS) is 20.8. The van der Waals surface area contributed by atoms with Crippen LogP contribution in [-0.2, 0) is 22.5 Å². The van der Waals surface area contributed by atoms with Gasteiger partial charge in [0.15, 0.2) is 0 Å². The minimum Gasteiger partial charge on any atom is -0.473 e. The number of aromatic nitrogens is 1. The third kappa shape index (κ3) is 6.56. The summed E-state index contributed by atoms with van der Waals surface area (Å²) < 4.78 is 12.3. The fourth-order valence-electron chi connectivity index (χ4n) is 8.36. The molecule has 0 spiro atoms. The zero-order valence-corrected chi connectivity index (χ0v) is 28.4. The highest BCUT2D eigenvalue weighted by atomic mass is 16.5. The van der Waals surface area contributed by atoms with Crippen molar-refractivity contribution >= 4 is 28.1 Å². The first-order chi connectivity index (χ1) is 24.0. The zero-order chi connectivity index (χ0) is 33.9. The maximum Gasteiger partial charge on any atom is 0.246 e. The van der Waals surface area contributed by atoms with Crippen molar-refractivity contribution in [1.82, 2.24) is 14.8 Å². The van der Waals surface area contributed by atoms with Crippen molar-refractivity contribution in [2.45, 2.75) is 70.2 Å². The summed E-state index contributed by atoms with van der Waals surface area (Å²) in [5.74, 6) is 0.229. The van der Waals surface area contributed by atoms with E-state index in [1.807, 2.05) is 0 Å². The quantitative estimate of drug-likeness (QED) is 0.320. The molecule has 10 heteroatoms. The molecule has 3 fully saturated rings. The van der Waals surface area contributed by atoms with E-state index in [1.165, 1.54) is 28.1 Å². The molecule has 0 radical (unpaired) electrons. The highest BCUT2D eigenvalue weighted by Gasteiger charge is 2.36. The minimum atomic E-state index is -0.308. The van der Waals surface area contributed by atoms with E-state index in [-0.39, 0.29) is 24.5 Å². The van der Waals surface area contributed by atoms with Gasteiger partial charge in [-0.1, -0.05) is 36.9 Å². The maximum absolute atomic E-state index is 12.7. The molecular formula is C39H45N7O3. The second-order valence-electron chi connectivity index (χ2n) is 13.7. The predicted octanol–water partition coefficient (Wildman–Crippen LogP) is 5.12. The number of fused-ring (bicyclic) bond motifs is 2. The standard InChI is InChI=1S/C39H45N7O3/c1-3-36(47)46-21-20-45(25-30(46)10-16-40)38-32-13-19-44(35-9-5-8-28-7-4-6-27(2)37(28)35)26-34(32)42-39(33(38)24-41)49-31-11-17-43(18-12-31)29-14-22-48-23-15-29/h3-9,29-31H,1,10-15,17-23,25-26H2,2H3. The fraction of sp³-hybridized carbons (Fsp3) is 0.487. The molecule has 1 unspecified atom stereocenters. The van der Waals surface area contributed by atoms with E-state index in [2.05, 4.69) is 76.7 Å². The number of nitrogens with zero attached hydrogens (tertiary/aromatic N) is 7. The molecule has 1 amide bonds. The number of carbonyl (C=O) groups excluding carboxylic acids is 1. The first kappa shape index (κ1) is 32.9. The van der Waals surface area contributed by atoms with Crippen molar-refractivity contribution in [3.05, 3.63) is 71.4 Å². The molecule has 1 aromatic heterocycles. The molecular weight excluding hydrogens is 614 g/mol. The van der Waals surface area contributed by atoms with Gasteiger partial charge in [0.2, 0.25) is 11.8 Å². The summed E-state index contributed by atoms with van der Waals surface area (Å²) >= 11 is 0. The Labute approximate surface area is 289 Å². The first-order valence-electron chi connectivity index (χ1n) is 17.7. The number of benzene rings is 2. The lowest BCUT2D eigenvalue weighted by molar-refractivity contribution is -0.128. The van der Waals surface area contributed by atoms with Crippen LogP contribution in [0.25, 0.3) is 10.8 Å². The van der Waals surface area contributed by atoms with E-state index in [4.69, 9.17) is 14.5 Å². The number of piperazine rings is 1. The van der Waals surface area contributed by atoms with E-state index >= 15 is 0 Å². The molecule has 0 aliphatic carbocycles. The molecule has 0 bridgehead atoms. The molecule has 254 valence electrons. The van der Waals surface area contributed by atoms with Crippen LogP contribution in [-0.4, -0.2) is 91.4 Å². The van der Waals surface area contributed by atoms with Crippen LogP contribution in [0, 0.1) is 29.6 Å². The summed E-state index contributed by atoms with van der Waals surface area (Å²) in [5, 5.41) is 22.9. The molecule has 49 heavy (non-hydrogen) atoms. The summed E-state index contributed by atoms with van der Waals surface area (Å²) in [6.45, 7) is 12.2. The summed E-state index contributed by atoms with van der Waals surface area (Å²) in [5.41, 5.74) is 5.71. The van der Waals surface area contributed by atoms with Gasteiger partial charge in [-0.25, -0.2) is 4.98 Å². The molecule has 4 aliphatic heterocycles. The Morgan fingerprint density at radius 3 is 2.55 bits per heavy atom. The zero-order valence-electron chi connectivity index (χ0n) is 28.4. The molecule has 3 aromatic rings. The monoisotopic (exact) mass is 659 g/mol. The molecule has 0 N–H and O–H groups in total. The van der Waals surface area contributed by atoms with Crippen molar-refractivity contribution in [2.24, 2.45) is 0 Å². The Bertz CT molecular complexity index is 1790. The van der Waals surface area contributed by atoms with Crippen LogP contribution in [0.2, 0.25) is 0 Å². The Morgan fingerprint density at radius 1 is 1.04 bits per heavy atom. The van der Waals surface area contributed by atoms with Crippen molar-refractivity contribution in [3.8, 4) is 18.0 Å². The van der Waals surface area contributed by atoms with Gasteiger partial charge in [0.05, 0.1) is 36.5 Å². The lowest BCUT2D eigenvalue weighted by atomic mass is 9.95. The van der Waals surface area contributed by atoms with E-state index in [1.54, 1.807) is 4.90 Å². The summed E-state index contributed by atoms with van der Waals surface area (Å²) in [6, 6.07) is 17.9. The van der Waals surface area contributed by atoms with Gasteiger partial charge < -0.3 is 24.2 Å². The van der Waals surface area contributed by atoms with E-state index in [9.17, 15) is 15.3 Å². The third-order valence-corrected chi connectivity index (χ3v) is 10.9. The summed E-state index contributed by atoms with van der Waals surface area (Å²) in [4.78, 5) is 26.8. The van der Waals surface area contributed by atoms with Crippen LogP contribution < -0.4 is 14.5 Å². The van der Waals surface area contributed by atoms with Crippen molar-refractivity contribution < 1.29 is 14.3 Å². The van der Waals surface area contributed by atoms with Crippen molar-refractivity contribution in [2.75, 3.05) is 62.3 Å². The van der Waals surface area contributed by atoms with Crippen molar-refractivity contribution in [1.29, 1.82) is 10.5 Å². The van der Waals surface area contributed by atoms with Crippen LogP contribution in [0.4, 0.5) is 11.4 Å². The number of rotatable bonds is 7. The van der Waals surface area contributed by atoms with Gasteiger partial charge in [-0.15, -0.1) is 0 Å². The SMILES string of the molecule is C=CC(=O)N1CCN(c2c(C#N)c(OC3CCN(C4CCOCC4)CC3)nc3c2CCN(c2cccc4cccc(C)c24)C3)CC1CC#N. The van der Waals surface area contributed by atoms with Crippen LogP contribution in [0.3, 0.4) is 0 Å². The van der Waals surface area contributed by atoms with Gasteiger partial charge in [0, 0.05) is 75.2 Å². The number of piperidine rings is 1. The molecule has 4 aliphatic rings. The predicted molar refractivity (Wildman–Crippen MR) is 190 cm³/mol. The number of hydrogen-bond donors (Lipinski definition) is 0. The number of anilines is 2.